The number of aromatic carboxylic acids is 2. The van der Waals surface area contributed by atoms with Gasteiger partial charge in [-0.05, 0) is 67.4 Å². The van der Waals surface area contributed by atoms with Crippen LogP contribution in [0.3, 0.4) is 0 Å². The average molecular weight is 458 g/mol. The molecular formula is C25H18N2O7. The Kier molecular flexibility index (Phi) is 5.46. The maximum Gasteiger partial charge on any atom is 0.335 e. The minimum atomic E-state index is -1.35. The Bertz CT molecular complexity index is 1390. The van der Waals surface area contributed by atoms with E-state index in [1.165, 1.54) is 18.2 Å². The van der Waals surface area contributed by atoms with Gasteiger partial charge in [-0.2, -0.15) is 0 Å². The smallest absolute Gasteiger partial charge is 0.335 e. The lowest BCUT2D eigenvalue weighted by atomic mass is 10.0. The second-order valence-electron chi connectivity index (χ2n) is 7.79. The Hall–Kier alpha value is -4.79. The molecule has 0 radical (unpaired) electrons. The summed E-state index contributed by atoms with van der Waals surface area (Å²) in [6, 6.07) is 12.5. The summed E-state index contributed by atoms with van der Waals surface area (Å²) in [6.07, 6.45) is 0. The molecule has 0 aromatic heterocycles. The van der Waals surface area contributed by atoms with E-state index < -0.39 is 29.7 Å². The molecule has 0 unspecified atom stereocenters. The van der Waals surface area contributed by atoms with Crippen molar-refractivity contribution in [2.75, 3.05) is 10.2 Å². The molecule has 1 heterocycles. The van der Waals surface area contributed by atoms with Gasteiger partial charge >= 0.3 is 11.9 Å². The van der Waals surface area contributed by atoms with Crippen LogP contribution in [0.4, 0.5) is 11.4 Å². The molecule has 0 atom stereocenters. The number of nitrogens with one attached hydrogen (secondary N) is 1. The summed E-state index contributed by atoms with van der Waals surface area (Å²) < 4.78 is 0. The summed E-state index contributed by atoms with van der Waals surface area (Å²) >= 11 is 0. The summed E-state index contributed by atoms with van der Waals surface area (Å²) in [6.45, 7) is 3.68. The third-order valence-electron chi connectivity index (χ3n) is 5.65. The Labute approximate surface area is 193 Å². The molecule has 0 saturated carbocycles. The summed E-state index contributed by atoms with van der Waals surface area (Å²) in [5.41, 5.74) is 1.75. The fourth-order valence-electron chi connectivity index (χ4n) is 3.73. The van der Waals surface area contributed by atoms with Crippen molar-refractivity contribution in [1.29, 1.82) is 0 Å². The van der Waals surface area contributed by atoms with E-state index in [1.807, 2.05) is 19.9 Å². The second-order valence-corrected chi connectivity index (χ2v) is 7.79. The lowest BCUT2D eigenvalue weighted by Crippen LogP contribution is -2.30. The third kappa shape index (κ3) is 3.79. The molecule has 0 fully saturated rings. The number of hydrogen-bond acceptors (Lipinski definition) is 5. The van der Waals surface area contributed by atoms with Crippen LogP contribution in [0, 0.1) is 13.8 Å². The zero-order valence-electron chi connectivity index (χ0n) is 18.1. The normalized spacial score (nSPS) is 12.5. The number of benzene rings is 3. The molecule has 9 heteroatoms. The number of imide groups is 1. The molecule has 34 heavy (non-hydrogen) atoms. The first-order chi connectivity index (χ1) is 16.1. The molecule has 3 aromatic carbocycles. The molecule has 3 aromatic rings. The average Bonchev–Trinajstić information content (AvgIpc) is 3.05. The van der Waals surface area contributed by atoms with Crippen molar-refractivity contribution in [3.63, 3.8) is 0 Å². The summed E-state index contributed by atoms with van der Waals surface area (Å²) in [5, 5.41) is 20.9. The molecule has 170 valence electrons. The second kappa shape index (κ2) is 8.28. The third-order valence-corrected chi connectivity index (χ3v) is 5.65. The van der Waals surface area contributed by atoms with E-state index in [4.69, 9.17) is 0 Å². The Morgan fingerprint density at radius 3 is 2.00 bits per heavy atom. The Balaban J connectivity index is 1.66. The van der Waals surface area contributed by atoms with E-state index >= 15 is 0 Å². The number of hydrogen-bond donors (Lipinski definition) is 3. The first-order valence-corrected chi connectivity index (χ1v) is 10.1. The number of fused-ring (bicyclic) bond motifs is 1. The lowest BCUT2D eigenvalue weighted by molar-refractivity contribution is 0.0695. The van der Waals surface area contributed by atoms with Crippen LogP contribution in [0.1, 0.15) is 62.9 Å². The van der Waals surface area contributed by atoms with Crippen molar-refractivity contribution in [1.82, 2.24) is 0 Å². The first-order valence-electron chi connectivity index (χ1n) is 10.1. The van der Waals surface area contributed by atoms with E-state index in [0.29, 0.717) is 5.69 Å². The first kappa shape index (κ1) is 22.4. The predicted molar refractivity (Wildman–Crippen MR) is 122 cm³/mol. The van der Waals surface area contributed by atoms with Gasteiger partial charge in [0, 0.05) is 11.3 Å². The molecule has 0 aliphatic carbocycles. The molecular weight excluding hydrogens is 440 g/mol. The SMILES string of the molecule is Cc1cccc(N2C(=O)c3ccc(C(=O)Nc4cc(C(=O)O)cc(C(=O)O)c4)cc3C2=O)c1C. The number of aryl methyl sites for hydroxylation is 1. The molecule has 0 saturated heterocycles. The number of carboxylic acid groups (broad SMARTS) is 2. The standard InChI is InChI=1S/C25H18N2O7/c1-12-4-3-5-20(13(12)2)27-22(29)18-7-6-14(11-19(18)23(27)30)21(28)26-17-9-15(24(31)32)8-16(10-17)25(33)34/h3-11H,1-2H3,(H,26,28)(H,31,32)(H,33,34). The van der Waals surface area contributed by atoms with Crippen LogP contribution in [0.2, 0.25) is 0 Å². The van der Waals surface area contributed by atoms with E-state index in [2.05, 4.69) is 5.32 Å². The molecule has 3 N–H and O–H groups in total. The van der Waals surface area contributed by atoms with Crippen molar-refractivity contribution < 1.29 is 34.2 Å². The van der Waals surface area contributed by atoms with Crippen LogP contribution in [0.25, 0.3) is 0 Å². The number of carboxylic acids is 2. The quantitative estimate of drug-likeness (QED) is 0.495. The highest BCUT2D eigenvalue weighted by Gasteiger charge is 2.38. The van der Waals surface area contributed by atoms with Crippen LogP contribution in [0.5, 0.6) is 0 Å². The number of nitrogens with zero attached hydrogens (tertiary/aromatic N) is 1. The number of anilines is 2. The van der Waals surface area contributed by atoms with Crippen LogP contribution in [0.15, 0.2) is 54.6 Å². The number of rotatable bonds is 5. The zero-order chi connectivity index (χ0) is 24.7. The Morgan fingerprint density at radius 1 is 0.765 bits per heavy atom. The van der Waals surface area contributed by atoms with Crippen LogP contribution in [-0.4, -0.2) is 39.9 Å². The van der Waals surface area contributed by atoms with Crippen molar-refractivity contribution in [3.8, 4) is 0 Å². The fourth-order valence-corrected chi connectivity index (χ4v) is 3.73. The molecule has 1 aliphatic heterocycles. The molecule has 3 amide bonds. The van der Waals surface area contributed by atoms with Crippen molar-refractivity contribution in [3.05, 3.63) is 93.5 Å². The highest BCUT2D eigenvalue weighted by molar-refractivity contribution is 6.35. The largest absolute Gasteiger partial charge is 0.478 e. The van der Waals surface area contributed by atoms with Gasteiger partial charge in [0.05, 0.1) is 27.9 Å². The maximum atomic E-state index is 13.1. The molecule has 4 rings (SSSR count). The highest BCUT2D eigenvalue weighted by atomic mass is 16.4. The number of carbonyl (C=O) groups is 5. The van der Waals surface area contributed by atoms with Crippen LogP contribution < -0.4 is 10.2 Å². The monoisotopic (exact) mass is 458 g/mol. The van der Waals surface area contributed by atoms with Crippen molar-refractivity contribution >= 4 is 41.0 Å². The van der Waals surface area contributed by atoms with Gasteiger partial charge in [0.2, 0.25) is 0 Å². The van der Waals surface area contributed by atoms with Crippen LogP contribution >= 0.6 is 0 Å². The van der Waals surface area contributed by atoms with Gasteiger partial charge in [0.15, 0.2) is 0 Å². The van der Waals surface area contributed by atoms with E-state index in [0.717, 1.165) is 34.2 Å². The lowest BCUT2D eigenvalue weighted by Gasteiger charge is -2.17. The summed E-state index contributed by atoms with van der Waals surface area (Å²) in [4.78, 5) is 62.5. The molecule has 9 nitrogen and oxygen atoms in total. The molecule has 0 spiro atoms. The van der Waals surface area contributed by atoms with E-state index in [9.17, 15) is 34.2 Å². The fraction of sp³-hybridized carbons (Fsp3) is 0.0800. The van der Waals surface area contributed by atoms with Gasteiger partial charge in [0.25, 0.3) is 17.7 Å². The minimum Gasteiger partial charge on any atom is -0.478 e. The van der Waals surface area contributed by atoms with E-state index in [-0.39, 0.29) is 33.5 Å². The summed E-state index contributed by atoms with van der Waals surface area (Å²) in [5.74, 6) is -4.48. The van der Waals surface area contributed by atoms with Gasteiger partial charge < -0.3 is 15.5 Å². The number of amides is 3. The van der Waals surface area contributed by atoms with Gasteiger partial charge in [0.1, 0.15) is 0 Å². The zero-order valence-corrected chi connectivity index (χ0v) is 18.1. The maximum absolute atomic E-state index is 13.1. The van der Waals surface area contributed by atoms with Gasteiger partial charge in [-0.3, -0.25) is 14.4 Å². The topological polar surface area (TPSA) is 141 Å². The van der Waals surface area contributed by atoms with E-state index in [1.54, 1.807) is 12.1 Å². The van der Waals surface area contributed by atoms with Crippen LogP contribution in [-0.2, 0) is 0 Å². The van der Waals surface area contributed by atoms with Gasteiger partial charge in [-0.15, -0.1) is 0 Å². The summed E-state index contributed by atoms with van der Waals surface area (Å²) in [7, 11) is 0. The molecule has 1 aliphatic rings. The predicted octanol–water partition coefficient (Wildman–Crippen LogP) is 3.75. The van der Waals surface area contributed by atoms with Crippen molar-refractivity contribution in [2.45, 2.75) is 13.8 Å². The molecule has 0 bridgehead atoms. The minimum absolute atomic E-state index is 0.0396. The van der Waals surface area contributed by atoms with Gasteiger partial charge in [-0.25, -0.2) is 14.5 Å². The number of carbonyl (C=O) groups excluding carboxylic acids is 3. The Morgan fingerprint density at radius 2 is 1.38 bits per heavy atom. The van der Waals surface area contributed by atoms with Gasteiger partial charge in [-0.1, -0.05) is 12.1 Å². The van der Waals surface area contributed by atoms with Crippen molar-refractivity contribution in [2.24, 2.45) is 0 Å². The highest BCUT2D eigenvalue weighted by Crippen LogP contribution is 2.32.